The number of likely N-dealkylation sites (tertiary alicyclic amines) is 1. The summed E-state index contributed by atoms with van der Waals surface area (Å²) in [7, 11) is 2.23. The number of hydrogen-bond donors (Lipinski definition) is 1. The quantitative estimate of drug-likeness (QED) is 0.828. The molecule has 3 rings (SSSR count). The fraction of sp³-hybridized carbons (Fsp3) is 1.00. The smallest absolute Gasteiger partial charge is 0.0661 e. The van der Waals surface area contributed by atoms with Crippen LogP contribution in [-0.4, -0.2) is 49.8 Å². The molecule has 2 aliphatic carbocycles. The minimum Gasteiger partial charge on any atom is -0.378 e. The molecule has 104 valence electrons. The fourth-order valence-corrected chi connectivity index (χ4v) is 4.13. The Morgan fingerprint density at radius 2 is 2.00 bits per heavy atom. The van der Waals surface area contributed by atoms with Crippen LogP contribution in [0.1, 0.15) is 45.4 Å². The summed E-state index contributed by atoms with van der Waals surface area (Å²) in [5.41, 5.74) is 0.527. The predicted octanol–water partition coefficient (Wildman–Crippen LogP) is 2.02. The van der Waals surface area contributed by atoms with Gasteiger partial charge in [0.25, 0.3) is 0 Å². The van der Waals surface area contributed by atoms with Gasteiger partial charge in [0.2, 0.25) is 0 Å². The summed E-state index contributed by atoms with van der Waals surface area (Å²) in [6.07, 6.45) is 8.64. The lowest BCUT2D eigenvalue weighted by molar-refractivity contribution is -0.175. The van der Waals surface area contributed by atoms with E-state index in [0.717, 1.165) is 18.7 Å². The molecule has 2 unspecified atom stereocenters. The summed E-state index contributed by atoms with van der Waals surface area (Å²) in [6, 6.07) is 1.50. The molecule has 2 saturated carbocycles. The van der Waals surface area contributed by atoms with E-state index in [2.05, 4.69) is 24.2 Å². The van der Waals surface area contributed by atoms with Gasteiger partial charge < -0.3 is 15.0 Å². The average Bonchev–Trinajstić information content (AvgIpc) is 2.28. The van der Waals surface area contributed by atoms with Crippen molar-refractivity contribution in [3.05, 3.63) is 0 Å². The molecule has 3 aliphatic rings. The number of nitrogens with zero attached hydrogens (tertiary/aromatic N) is 1. The van der Waals surface area contributed by atoms with Crippen LogP contribution in [0.3, 0.4) is 0 Å². The number of piperidine rings is 1. The van der Waals surface area contributed by atoms with Crippen molar-refractivity contribution in [2.24, 2.45) is 5.41 Å². The maximum Gasteiger partial charge on any atom is 0.0661 e. The zero-order valence-corrected chi connectivity index (χ0v) is 12.0. The van der Waals surface area contributed by atoms with Crippen LogP contribution in [0.5, 0.6) is 0 Å². The molecule has 1 spiro atoms. The molecule has 1 heterocycles. The highest BCUT2D eigenvalue weighted by atomic mass is 16.5. The predicted molar refractivity (Wildman–Crippen MR) is 73.8 cm³/mol. The van der Waals surface area contributed by atoms with E-state index in [4.69, 9.17) is 4.74 Å². The monoisotopic (exact) mass is 252 g/mol. The molecule has 0 bridgehead atoms. The molecule has 3 fully saturated rings. The van der Waals surface area contributed by atoms with E-state index in [1.54, 1.807) is 0 Å². The van der Waals surface area contributed by atoms with Crippen molar-refractivity contribution in [1.82, 2.24) is 10.2 Å². The lowest BCUT2D eigenvalue weighted by Crippen LogP contribution is -2.68. The van der Waals surface area contributed by atoms with Gasteiger partial charge in [-0.3, -0.25) is 0 Å². The molecular formula is C15H28N2O. The highest BCUT2D eigenvalue weighted by Crippen LogP contribution is 2.57. The van der Waals surface area contributed by atoms with Crippen LogP contribution in [-0.2, 0) is 4.74 Å². The fourth-order valence-electron chi connectivity index (χ4n) is 4.13. The molecule has 0 radical (unpaired) electrons. The molecule has 3 nitrogen and oxygen atoms in total. The molecule has 0 aromatic rings. The molecule has 0 aromatic carbocycles. The average molecular weight is 252 g/mol. The summed E-state index contributed by atoms with van der Waals surface area (Å²) >= 11 is 0. The summed E-state index contributed by atoms with van der Waals surface area (Å²) < 4.78 is 5.92. The Balaban J connectivity index is 1.52. The topological polar surface area (TPSA) is 24.5 Å². The van der Waals surface area contributed by atoms with Gasteiger partial charge in [0.05, 0.1) is 6.10 Å². The standard InChI is InChI=1S/C15H28N2O/c1-3-18-14-11-13(15(14)7-4-8-15)16-12-5-9-17(2)10-6-12/h12-14,16H,3-11H2,1-2H3. The van der Waals surface area contributed by atoms with E-state index < -0.39 is 0 Å². The molecule has 18 heavy (non-hydrogen) atoms. The summed E-state index contributed by atoms with van der Waals surface area (Å²) in [4.78, 5) is 2.45. The van der Waals surface area contributed by atoms with Gasteiger partial charge in [-0.1, -0.05) is 6.42 Å². The molecular weight excluding hydrogens is 224 g/mol. The Hall–Kier alpha value is -0.120. The van der Waals surface area contributed by atoms with Crippen LogP contribution in [0, 0.1) is 5.41 Å². The van der Waals surface area contributed by atoms with E-state index in [1.165, 1.54) is 51.6 Å². The first kappa shape index (κ1) is 12.9. The van der Waals surface area contributed by atoms with Crippen LogP contribution < -0.4 is 5.32 Å². The van der Waals surface area contributed by atoms with Gasteiger partial charge in [0, 0.05) is 24.1 Å². The van der Waals surface area contributed by atoms with E-state index in [-0.39, 0.29) is 0 Å². The van der Waals surface area contributed by atoms with Crippen LogP contribution in [0.25, 0.3) is 0 Å². The van der Waals surface area contributed by atoms with Crippen molar-refractivity contribution in [2.45, 2.75) is 63.6 Å². The van der Waals surface area contributed by atoms with E-state index in [9.17, 15) is 0 Å². The molecule has 0 aromatic heterocycles. The van der Waals surface area contributed by atoms with Crippen molar-refractivity contribution in [2.75, 3.05) is 26.7 Å². The van der Waals surface area contributed by atoms with E-state index in [1.807, 2.05) is 0 Å². The van der Waals surface area contributed by atoms with Gasteiger partial charge in [-0.15, -0.1) is 0 Å². The van der Waals surface area contributed by atoms with Gasteiger partial charge in [-0.05, 0) is 59.2 Å². The van der Waals surface area contributed by atoms with E-state index >= 15 is 0 Å². The minimum absolute atomic E-state index is 0.527. The van der Waals surface area contributed by atoms with Gasteiger partial charge in [-0.2, -0.15) is 0 Å². The Bertz CT molecular complexity index is 282. The first-order valence-electron chi connectivity index (χ1n) is 7.81. The van der Waals surface area contributed by atoms with Crippen molar-refractivity contribution in [3.63, 3.8) is 0 Å². The SMILES string of the molecule is CCOC1CC(NC2CCN(C)CC2)C12CCC2. The van der Waals surface area contributed by atoms with Crippen molar-refractivity contribution >= 4 is 0 Å². The Morgan fingerprint density at radius 1 is 1.28 bits per heavy atom. The second-order valence-electron chi connectivity index (χ2n) is 6.56. The molecule has 1 aliphatic heterocycles. The molecule has 1 N–H and O–H groups in total. The number of nitrogens with one attached hydrogen (secondary N) is 1. The maximum absolute atomic E-state index is 5.92. The lowest BCUT2D eigenvalue weighted by atomic mass is 9.51. The van der Waals surface area contributed by atoms with Crippen molar-refractivity contribution in [1.29, 1.82) is 0 Å². The molecule has 0 amide bonds. The first-order valence-corrected chi connectivity index (χ1v) is 7.81. The van der Waals surface area contributed by atoms with Gasteiger partial charge in [0.15, 0.2) is 0 Å². The maximum atomic E-state index is 5.92. The normalized spacial score (nSPS) is 36.3. The first-order chi connectivity index (χ1) is 8.74. The zero-order chi connectivity index (χ0) is 12.6. The van der Waals surface area contributed by atoms with Crippen LogP contribution in [0.15, 0.2) is 0 Å². The van der Waals surface area contributed by atoms with Crippen LogP contribution in [0.2, 0.25) is 0 Å². The number of hydrogen-bond acceptors (Lipinski definition) is 3. The Morgan fingerprint density at radius 3 is 2.56 bits per heavy atom. The van der Waals surface area contributed by atoms with Gasteiger partial charge in [-0.25, -0.2) is 0 Å². The largest absolute Gasteiger partial charge is 0.378 e. The third-order valence-electron chi connectivity index (χ3n) is 5.59. The summed E-state index contributed by atoms with van der Waals surface area (Å²) in [5.74, 6) is 0. The second-order valence-corrected chi connectivity index (χ2v) is 6.56. The van der Waals surface area contributed by atoms with E-state index in [0.29, 0.717) is 11.5 Å². The van der Waals surface area contributed by atoms with Crippen molar-refractivity contribution in [3.8, 4) is 0 Å². The summed E-state index contributed by atoms with van der Waals surface area (Å²) in [6.45, 7) is 5.52. The van der Waals surface area contributed by atoms with Gasteiger partial charge in [0.1, 0.15) is 0 Å². The Labute approximate surface area is 111 Å². The number of rotatable bonds is 4. The Kier molecular flexibility index (Phi) is 3.65. The molecule has 1 saturated heterocycles. The lowest BCUT2D eigenvalue weighted by Gasteiger charge is -2.62. The zero-order valence-electron chi connectivity index (χ0n) is 12.0. The summed E-state index contributed by atoms with van der Waals surface area (Å²) in [5, 5.41) is 3.95. The minimum atomic E-state index is 0.527. The third-order valence-corrected chi connectivity index (χ3v) is 5.59. The highest BCUT2D eigenvalue weighted by molar-refractivity contribution is 5.12. The van der Waals surface area contributed by atoms with Crippen LogP contribution >= 0.6 is 0 Å². The number of ether oxygens (including phenoxy) is 1. The molecule has 3 heteroatoms. The van der Waals surface area contributed by atoms with Crippen LogP contribution in [0.4, 0.5) is 0 Å². The second kappa shape index (κ2) is 5.10. The van der Waals surface area contributed by atoms with Crippen molar-refractivity contribution < 1.29 is 4.74 Å². The third kappa shape index (κ3) is 2.10. The molecule has 2 atom stereocenters. The van der Waals surface area contributed by atoms with Gasteiger partial charge >= 0.3 is 0 Å². The highest BCUT2D eigenvalue weighted by Gasteiger charge is 2.58.